The number of hydrogen-bond acceptors (Lipinski definition) is 8. The zero-order chi connectivity index (χ0) is 27.1. The van der Waals surface area contributed by atoms with Crippen molar-refractivity contribution in [1.29, 1.82) is 0 Å². The highest BCUT2D eigenvalue weighted by Gasteiger charge is 2.13. The van der Waals surface area contributed by atoms with E-state index < -0.39 is 16.8 Å². The molecule has 0 radical (unpaired) electrons. The third-order valence-electron chi connectivity index (χ3n) is 5.25. The highest BCUT2D eigenvalue weighted by molar-refractivity contribution is 5.89. The summed E-state index contributed by atoms with van der Waals surface area (Å²) in [5, 5.41) is 17.1. The summed E-state index contributed by atoms with van der Waals surface area (Å²) in [6.45, 7) is 0. The van der Waals surface area contributed by atoms with Gasteiger partial charge in [-0.15, -0.1) is 0 Å². The number of rotatable bonds is 8. The Bertz CT molecular complexity index is 1490. The summed E-state index contributed by atoms with van der Waals surface area (Å²) in [6.07, 6.45) is 1.33. The fourth-order valence-electron chi connectivity index (χ4n) is 3.39. The number of halogens is 1. The predicted molar refractivity (Wildman–Crippen MR) is 139 cm³/mol. The van der Waals surface area contributed by atoms with Gasteiger partial charge in [-0.3, -0.25) is 15.4 Å². The molecule has 0 unspecified atom stereocenters. The lowest BCUT2D eigenvalue weighted by Crippen LogP contribution is -2.25. The van der Waals surface area contributed by atoms with Crippen LogP contribution in [0.1, 0.15) is 5.56 Å². The number of carbonyl (C=O) groups is 1. The number of benzene rings is 3. The van der Waals surface area contributed by atoms with Crippen LogP contribution in [0.2, 0.25) is 0 Å². The molecule has 3 aromatic carbocycles. The first-order valence-electron chi connectivity index (χ1n) is 11.1. The Morgan fingerprint density at radius 3 is 2.18 bits per heavy atom. The molecule has 4 rings (SSSR count). The average Bonchev–Trinajstić information content (AvgIpc) is 2.93. The first kappa shape index (κ1) is 25.7. The van der Waals surface area contributed by atoms with Gasteiger partial charge in [0, 0.05) is 23.3 Å². The van der Waals surface area contributed by atoms with Crippen molar-refractivity contribution in [3.8, 4) is 34.0 Å². The molecule has 0 spiro atoms. The van der Waals surface area contributed by atoms with Gasteiger partial charge in [-0.25, -0.2) is 24.6 Å². The number of methoxy groups -OCH3 is 2. The molecule has 2 N–H and O–H groups in total. The lowest BCUT2D eigenvalue weighted by Gasteiger charge is -2.12. The number of nitrogens with one attached hydrogen (secondary N) is 2. The lowest BCUT2D eigenvalue weighted by atomic mass is 10.1. The standard InChI is InChI=1S/C26H21FN6O5/c1-37-23-12-7-18(13-24(23)38-2)22-14-21(17-5-8-19(27)9-6-17)29-25(30-22)31-26(34)32-28-15-16-3-10-20(11-4-16)33(35)36/h3-15H,1-2H3,(H2,29,30,31,32,34)/b28-15-. The lowest BCUT2D eigenvalue weighted by molar-refractivity contribution is -0.384. The summed E-state index contributed by atoms with van der Waals surface area (Å²) < 4.78 is 24.2. The van der Waals surface area contributed by atoms with Gasteiger partial charge >= 0.3 is 6.03 Å². The summed E-state index contributed by atoms with van der Waals surface area (Å²) in [6, 6.07) is 17.6. The number of nitro benzene ring substituents is 1. The van der Waals surface area contributed by atoms with Crippen molar-refractivity contribution < 1.29 is 23.6 Å². The SMILES string of the molecule is COc1ccc(-c2cc(-c3ccc(F)cc3)nc(NC(=O)N/N=C\c3ccc([N+](=O)[O-])cc3)n2)cc1OC. The topological polar surface area (TPSA) is 141 Å². The minimum atomic E-state index is -0.724. The van der Waals surface area contributed by atoms with Gasteiger partial charge in [-0.2, -0.15) is 5.10 Å². The van der Waals surface area contributed by atoms with E-state index in [1.165, 1.54) is 56.8 Å². The third kappa shape index (κ3) is 6.23. The van der Waals surface area contributed by atoms with Crippen LogP contribution < -0.4 is 20.2 Å². The number of carbonyl (C=O) groups excluding carboxylic acids is 1. The maximum Gasteiger partial charge on any atom is 0.342 e. The van der Waals surface area contributed by atoms with E-state index in [-0.39, 0.29) is 11.6 Å². The second-order valence-corrected chi connectivity index (χ2v) is 7.71. The molecule has 1 aromatic heterocycles. The smallest absolute Gasteiger partial charge is 0.342 e. The van der Waals surface area contributed by atoms with E-state index in [9.17, 15) is 19.3 Å². The van der Waals surface area contributed by atoms with Gasteiger partial charge < -0.3 is 9.47 Å². The van der Waals surface area contributed by atoms with Gasteiger partial charge in [-0.1, -0.05) is 0 Å². The van der Waals surface area contributed by atoms with Crippen LogP contribution in [-0.2, 0) is 0 Å². The number of urea groups is 1. The number of aromatic nitrogens is 2. The van der Waals surface area contributed by atoms with E-state index in [2.05, 4.69) is 25.8 Å². The number of hydrogen-bond donors (Lipinski definition) is 2. The van der Waals surface area contributed by atoms with Crippen LogP contribution in [-0.4, -0.2) is 41.4 Å². The zero-order valence-corrected chi connectivity index (χ0v) is 20.2. The zero-order valence-electron chi connectivity index (χ0n) is 20.2. The van der Waals surface area contributed by atoms with Crippen molar-refractivity contribution in [2.75, 3.05) is 19.5 Å². The number of nitrogens with zero attached hydrogens (tertiary/aromatic N) is 4. The van der Waals surface area contributed by atoms with E-state index in [0.717, 1.165) is 0 Å². The maximum absolute atomic E-state index is 13.5. The van der Waals surface area contributed by atoms with Crippen LogP contribution in [0.5, 0.6) is 11.5 Å². The number of nitro groups is 1. The van der Waals surface area contributed by atoms with E-state index in [1.54, 1.807) is 36.4 Å². The molecule has 0 saturated heterocycles. The molecule has 0 bridgehead atoms. The summed E-state index contributed by atoms with van der Waals surface area (Å²) in [5.74, 6) is 0.596. The van der Waals surface area contributed by atoms with E-state index >= 15 is 0 Å². The van der Waals surface area contributed by atoms with Gasteiger partial charge in [-0.05, 0) is 66.2 Å². The maximum atomic E-state index is 13.5. The largest absolute Gasteiger partial charge is 0.493 e. The number of non-ortho nitro benzene ring substituents is 1. The van der Waals surface area contributed by atoms with Crippen LogP contribution in [0.4, 0.5) is 20.8 Å². The van der Waals surface area contributed by atoms with Crippen LogP contribution in [0.3, 0.4) is 0 Å². The van der Waals surface area contributed by atoms with Crippen molar-refractivity contribution in [1.82, 2.24) is 15.4 Å². The number of amides is 2. The van der Waals surface area contributed by atoms with Crippen molar-refractivity contribution >= 4 is 23.9 Å². The molecule has 0 atom stereocenters. The van der Waals surface area contributed by atoms with Gasteiger partial charge in [0.1, 0.15) is 5.82 Å². The van der Waals surface area contributed by atoms with E-state index in [0.29, 0.717) is 39.6 Å². The van der Waals surface area contributed by atoms with Crippen LogP contribution in [0.15, 0.2) is 77.9 Å². The molecule has 0 aliphatic heterocycles. The summed E-state index contributed by atoms with van der Waals surface area (Å²) >= 11 is 0. The fourth-order valence-corrected chi connectivity index (χ4v) is 3.39. The molecular formula is C26H21FN6O5. The normalized spacial score (nSPS) is 10.7. The Labute approximate surface area is 216 Å². The molecule has 0 saturated carbocycles. The molecule has 12 heteroatoms. The molecule has 0 aliphatic rings. The molecule has 0 aliphatic carbocycles. The molecule has 192 valence electrons. The van der Waals surface area contributed by atoms with Crippen LogP contribution in [0.25, 0.3) is 22.5 Å². The Hall–Kier alpha value is -5.39. The average molecular weight is 516 g/mol. The highest BCUT2D eigenvalue weighted by atomic mass is 19.1. The Kier molecular flexibility index (Phi) is 7.82. The third-order valence-corrected chi connectivity index (χ3v) is 5.25. The Balaban J connectivity index is 1.59. The van der Waals surface area contributed by atoms with Gasteiger partial charge in [0.2, 0.25) is 5.95 Å². The van der Waals surface area contributed by atoms with Gasteiger partial charge in [0.25, 0.3) is 5.69 Å². The van der Waals surface area contributed by atoms with Gasteiger partial charge in [0.15, 0.2) is 11.5 Å². The minimum Gasteiger partial charge on any atom is -0.493 e. The van der Waals surface area contributed by atoms with Crippen molar-refractivity contribution in [3.63, 3.8) is 0 Å². The van der Waals surface area contributed by atoms with Crippen molar-refractivity contribution in [2.45, 2.75) is 0 Å². The summed E-state index contributed by atoms with van der Waals surface area (Å²) in [7, 11) is 3.04. The monoisotopic (exact) mass is 516 g/mol. The summed E-state index contributed by atoms with van der Waals surface area (Å²) in [5.41, 5.74) is 4.95. The number of ether oxygens (including phenoxy) is 2. The molecule has 4 aromatic rings. The second kappa shape index (κ2) is 11.6. The minimum absolute atomic E-state index is 0.0281. The molecule has 0 fully saturated rings. The fraction of sp³-hybridized carbons (Fsp3) is 0.0769. The van der Waals surface area contributed by atoms with Crippen LogP contribution >= 0.6 is 0 Å². The first-order valence-corrected chi connectivity index (χ1v) is 11.1. The molecule has 11 nitrogen and oxygen atoms in total. The Morgan fingerprint density at radius 2 is 1.55 bits per heavy atom. The van der Waals surface area contributed by atoms with E-state index in [1.807, 2.05) is 0 Å². The molecule has 38 heavy (non-hydrogen) atoms. The van der Waals surface area contributed by atoms with E-state index in [4.69, 9.17) is 9.47 Å². The summed E-state index contributed by atoms with van der Waals surface area (Å²) in [4.78, 5) is 31.6. The molecule has 1 heterocycles. The first-order chi connectivity index (χ1) is 18.4. The molecular weight excluding hydrogens is 495 g/mol. The van der Waals surface area contributed by atoms with Crippen molar-refractivity contribution in [2.24, 2.45) is 5.10 Å². The van der Waals surface area contributed by atoms with Gasteiger partial charge in [0.05, 0.1) is 36.7 Å². The number of anilines is 1. The predicted octanol–water partition coefficient (Wildman–Crippen LogP) is 5.03. The molecule has 2 amide bonds. The highest BCUT2D eigenvalue weighted by Crippen LogP contribution is 2.33. The quantitative estimate of drug-likeness (QED) is 0.190. The Morgan fingerprint density at radius 1 is 0.921 bits per heavy atom. The van der Waals surface area contributed by atoms with Crippen LogP contribution in [0, 0.1) is 15.9 Å². The number of hydrazone groups is 1. The van der Waals surface area contributed by atoms with Crippen molar-refractivity contribution in [3.05, 3.63) is 94.3 Å². The second-order valence-electron chi connectivity index (χ2n) is 7.71.